The molecule has 0 atom stereocenters. The van der Waals surface area contributed by atoms with Gasteiger partial charge in [-0.25, -0.2) is 4.98 Å². The van der Waals surface area contributed by atoms with Crippen LogP contribution in [0.1, 0.15) is 22.3 Å². The normalized spacial score (nSPS) is 13.6. The molecule has 2 aliphatic rings. The van der Waals surface area contributed by atoms with E-state index in [4.69, 9.17) is 4.98 Å². The molecule has 1 spiro atoms. The molecule has 48 heavy (non-hydrogen) atoms. The second kappa shape index (κ2) is 9.60. The molecule has 1 aromatic heterocycles. The standard InChI is InChI=1S/C46H27NS/c1-2-10-30(11-3-1)45-47-42-25-23-29-20-18-28-19-21-31(26-37(28)43(29)44(42)48-45)32-22-24-36-35-14-6-9-17-40(35)46(41(36)27-32)38-15-7-4-12-33(38)34-13-5-8-16-39(34)46/h1-27H. The third-order valence-electron chi connectivity index (χ3n) is 10.7. The number of benzene rings is 8. The summed E-state index contributed by atoms with van der Waals surface area (Å²) in [7, 11) is 0. The largest absolute Gasteiger partial charge is 0.236 e. The van der Waals surface area contributed by atoms with Crippen LogP contribution in [0.15, 0.2) is 164 Å². The summed E-state index contributed by atoms with van der Waals surface area (Å²) < 4.78 is 1.25. The number of aromatic nitrogens is 1. The summed E-state index contributed by atoms with van der Waals surface area (Å²) in [5.41, 5.74) is 15.2. The van der Waals surface area contributed by atoms with E-state index >= 15 is 0 Å². The molecule has 1 nitrogen and oxygen atoms in total. The van der Waals surface area contributed by atoms with Crippen molar-refractivity contribution in [3.05, 3.63) is 186 Å². The lowest BCUT2D eigenvalue weighted by atomic mass is 9.70. The average Bonchev–Trinajstić information content (AvgIpc) is 3.82. The van der Waals surface area contributed by atoms with E-state index in [-0.39, 0.29) is 5.41 Å². The van der Waals surface area contributed by atoms with Gasteiger partial charge in [-0.1, -0.05) is 146 Å². The first-order chi connectivity index (χ1) is 23.8. The second-order valence-corrected chi connectivity index (χ2v) is 14.0. The Kier molecular flexibility index (Phi) is 5.25. The molecule has 0 aliphatic heterocycles. The minimum atomic E-state index is -0.346. The van der Waals surface area contributed by atoms with Crippen molar-refractivity contribution >= 4 is 43.1 Å². The maximum atomic E-state index is 5.08. The first-order valence-electron chi connectivity index (χ1n) is 16.5. The number of rotatable bonds is 2. The van der Waals surface area contributed by atoms with Crippen LogP contribution in [0.2, 0.25) is 0 Å². The Morgan fingerprint density at radius 2 is 0.958 bits per heavy atom. The highest BCUT2D eigenvalue weighted by Crippen LogP contribution is 2.63. The first-order valence-corrected chi connectivity index (χ1v) is 17.4. The number of thiazole rings is 1. The van der Waals surface area contributed by atoms with Crippen molar-refractivity contribution in [3.63, 3.8) is 0 Å². The van der Waals surface area contributed by atoms with Crippen LogP contribution in [0.25, 0.3) is 75.7 Å². The lowest BCUT2D eigenvalue weighted by Crippen LogP contribution is -2.25. The van der Waals surface area contributed by atoms with Crippen molar-refractivity contribution in [2.75, 3.05) is 0 Å². The predicted molar refractivity (Wildman–Crippen MR) is 202 cm³/mol. The van der Waals surface area contributed by atoms with E-state index in [2.05, 4.69) is 164 Å². The van der Waals surface area contributed by atoms with Gasteiger partial charge < -0.3 is 0 Å². The molecule has 2 aliphatic carbocycles. The summed E-state index contributed by atoms with van der Waals surface area (Å²) in [5.74, 6) is 0. The van der Waals surface area contributed by atoms with E-state index in [1.165, 1.54) is 81.9 Å². The summed E-state index contributed by atoms with van der Waals surface area (Å²) in [6.45, 7) is 0. The maximum Gasteiger partial charge on any atom is 0.124 e. The zero-order chi connectivity index (χ0) is 31.4. The van der Waals surface area contributed by atoms with Gasteiger partial charge in [0.05, 0.1) is 15.6 Å². The van der Waals surface area contributed by atoms with Gasteiger partial charge in [-0.05, 0) is 90.0 Å². The fourth-order valence-corrected chi connectivity index (χ4v) is 9.82. The highest BCUT2D eigenvalue weighted by atomic mass is 32.1. The molecule has 0 saturated carbocycles. The van der Waals surface area contributed by atoms with Crippen LogP contribution in [0.3, 0.4) is 0 Å². The van der Waals surface area contributed by atoms with Crippen LogP contribution in [0, 0.1) is 0 Å². The summed E-state index contributed by atoms with van der Waals surface area (Å²) in [4.78, 5) is 5.08. The third-order valence-corrected chi connectivity index (χ3v) is 11.8. The SMILES string of the molecule is c1ccc(-c2nc3ccc4ccc5ccc(-c6ccc7c(c6)C6(c8ccccc8-c8ccccc86)c6ccccc6-7)cc5c4c3s2)cc1. The third kappa shape index (κ3) is 3.37. The van der Waals surface area contributed by atoms with E-state index in [9.17, 15) is 0 Å². The summed E-state index contributed by atoms with van der Waals surface area (Å²) in [6.07, 6.45) is 0. The lowest BCUT2D eigenvalue weighted by molar-refractivity contribution is 0.794. The Balaban J connectivity index is 1.16. The summed E-state index contributed by atoms with van der Waals surface area (Å²) >= 11 is 1.79. The molecule has 0 N–H and O–H groups in total. The minimum Gasteiger partial charge on any atom is -0.236 e. The van der Waals surface area contributed by atoms with Crippen LogP contribution < -0.4 is 0 Å². The molecule has 0 unspecified atom stereocenters. The Hall–Kier alpha value is -5.83. The molecule has 2 heteroatoms. The van der Waals surface area contributed by atoms with Crippen LogP contribution in [0.5, 0.6) is 0 Å². The van der Waals surface area contributed by atoms with Gasteiger partial charge in [0.1, 0.15) is 5.01 Å². The van der Waals surface area contributed by atoms with Gasteiger partial charge >= 0.3 is 0 Å². The smallest absolute Gasteiger partial charge is 0.124 e. The molecule has 222 valence electrons. The zero-order valence-corrected chi connectivity index (χ0v) is 26.8. The van der Waals surface area contributed by atoms with Crippen molar-refractivity contribution in [3.8, 4) is 44.0 Å². The van der Waals surface area contributed by atoms with Gasteiger partial charge in [0.15, 0.2) is 0 Å². The van der Waals surface area contributed by atoms with Gasteiger partial charge in [0.2, 0.25) is 0 Å². The predicted octanol–water partition coefficient (Wildman–Crippen LogP) is 12.3. The molecule has 8 aromatic carbocycles. The van der Waals surface area contributed by atoms with Gasteiger partial charge in [-0.2, -0.15) is 0 Å². The molecule has 9 aromatic rings. The monoisotopic (exact) mass is 625 g/mol. The van der Waals surface area contributed by atoms with Crippen molar-refractivity contribution in [1.29, 1.82) is 0 Å². The van der Waals surface area contributed by atoms with Gasteiger partial charge in [-0.15, -0.1) is 11.3 Å². The fourth-order valence-electron chi connectivity index (χ4n) is 8.68. The number of hydrogen-bond donors (Lipinski definition) is 0. The molecule has 1 heterocycles. The number of hydrogen-bond acceptors (Lipinski definition) is 2. The highest BCUT2D eigenvalue weighted by Gasteiger charge is 2.51. The fraction of sp³-hybridized carbons (Fsp3) is 0.0217. The van der Waals surface area contributed by atoms with E-state index in [1.807, 2.05) is 0 Å². The minimum absolute atomic E-state index is 0.346. The van der Waals surface area contributed by atoms with Gasteiger partial charge in [0, 0.05) is 10.9 Å². The summed E-state index contributed by atoms with van der Waals surface area (Å²) in [6, 6.07) is 60.7. The van der Waals surface area contributed by atoms with Crippen LogP contribution in [0.4, 0.5) is 0 Å². The number of fused-ring (bicyclic) bond motifs is 15. The molecule has 0 bridgehead atoms. The van der Waals surface area contributed by atoms with Crippen LogP contribution in [-0.4, -0.2) is 4.98 Å². The Morgan fingerprint density at radius 3 is 1.67 bits per heavy atom. The van der Waals surface area contributed by atoms with Gasteiger partial charge in [-0.3, -0.25) is 0 Å². The molecule has 0 fully saturated rings. The topological polar surface area (TPSA) is 12.9 Å². The quantitative estimate of drug-likeness (QED) is 0.174. The maximum absolute atomic E-state index is 5.08. The Bertz CT molecular complexity index is 2720. The highest BCUT2D eigenvalue weighted by molar-refractivity contribution is 7.22. The summed E-state index contributed by atoms with van der Waals surface area (Å²) in [5, 5.41) is 6.12. The van der Waals surface area contributed by atoms with E-state index < -0.39 is 0 Å². The zero-order valence-electron chi connectivity index (χ0n) is 25.9. The molecular weight excluding hydrogens is 599 g/mol. The van der Waals surface area contributed by atoms with E-state index in [0.29, 0.717) is 0 Å². The lowest BCUT2D eigenvalue weighted by Gasteiger charge is -2.30. The van der Waals surface area contributed by atoms with E-state index in [1.54, 1.807) is 11.3 Å². The van der Waals surface area contributed by atoms with Crippen LogP contribution in [-0.2, 0) is 5.41 Å². The first kappa shape index (κ1) is 26.3. The Morgan fingerprint density at radius 1 is 0.417 bits per heavy atom. The second-order valence-electron chi connectivity index (χ2n) is 13.0. The molecule has 0 radical (unpaired) electrons. The molecule has 0 saturated heterocycles. The van der Waals surface area contributed by atoms with Crippen molar-refractivity contribution < 1.29 is 0 Å². The molecule has 11 rings (SSSR count). The van der Waals surface area contributed by atoms with Crippen molar-refractivity contribution in [1.82, 2.24) is 4.98 Å². The molecular formula is C46H27NS. The van der Waals surface area contributed by atoms with Gasteiger partial charge in [0.25, 0.3) is 0 Å². The van der Waals surface area contributed by atoms with Crippen LogP contribution >= 0.6 is 11.3 Å². The average molecular weight is 626 g/mol. The number of nitrogens with zero attached hydrogens (tertiary/aromatic N) is 1. The van der Waals surface area contributed by atoms with E-state index in [0.717, 1.165) is 16.1 Å². The Labute approximate surface area is 282 Å². The molecule has 0 amide bonds. The van der Waals surface area contributed by atoms with Crippen molar-refractivity contribution in [2.45, 2.75) is 5.41 Å². The van der Waals surface area contributed by atoms with Crippen molar-refractivity contribution in [2.24, 2.45) is 0 Å².